The second-order valence-electron chi connectivity index (χ2n) is 6.69. The van der Waals surface area contributed by atoms with Gasteiger partial charge in [-0.3, -0.25) is 9.59 Å². The number of nitrogens with two attached hydrogens (primary N) is 1. The second-order valence-corrected chi connectivity index (χ2v) is 7.70. The molecular formula is C21H11ClF3N2NaO3S. The van der Waals surface area contributed by atoms with Gasteiger partial charge in [-0.15, -0.1) is 0 Å². The molecule has 3 aromatic rings. The third kappa shape index (κ3) is 4.16. The van der Waals surface area contributed by atoms with Gasteiger partial charge in [0.15, 0.2) is 11.6 Å². The molecule has 0 radical (unpaired) electrons. The molecule has 3 N–H and O–H groups in total. The number of nitrogen functional groups attached to an aromatic ring is 1. The molecule has 0 saturated carbocycles. The van der Waals surface area contributed by atoms with Crippen LogP contribution in [0, 0.1) is 0 Å². The Morgan fingerprint density at radius 3 is 2.12 bits per heavy atom. The minimum Gasteiger partial charge on any atom is -0.795 e. The van der Waals surface area contributed by atoms with Crippen LogP contribution in [-0.2, 0) is 6.18 Å². The number of ketones is 2. The van der Waals surface area contributed by atoms with Gasteiger partial charge in [-0.05, 0) is 24.3 Å². The first-order valence-corrected chi connectivity index (χ1v) is 9.84. The number of alkyl halides is 3. The van der Waals surface area contributed by atoms with Gasteiger partial charge in [0, 0.05) is 21.7 Å². The van der Waals surface area contributed by atoms with Crippen molar-refractivity contribution in [2.75, 3.05) is 11.1 Å². The maximum absolute atomic E-state index is 13.2. The summed E-state index contributed by atoms with van der Waals surface area (Å²) in [4.78, 5) is 26.2. The van der Waals surface area contributed by atoms with Crippen molar-refractivity contribution in [3.8, 4) is 0 Å². The largest absolute Gasteiger partial charge is 1.00 e. The van der Waals surface area contributed by atoms with Crippen molar-refractivity contribution in [2.24, 2.45) is 0 Å². The maximum atomic E-state index is 13.2. The Kier molecular flexibility index (Phi) is 6.99. The minimum atomic E-state index is -4.70. The van der Waals surface area contributed by atoms with Crippen LogP contribution in [0.1, 0.15) is 37.4 Å². The minimum absolute atomic E-state index is 0. The van der Waals surface area contributed by atoms with E-state index in [4.69, 9.17) is 17.3 Å². The van der Waals surface area contributed by atoms with Crippen molar-refractivity contribution in [3.05, 3.63) is 81.4 Å². The second kappa shape index (κ2) is 9.09. The van der Waals surface area contributed by atoms with Gasteiger partial charge in [0.05, 0.1) is 33.1 Å². The van der Waals surface area contributed by atoms with E-state index in [9.17, 15) is 27.3 Å². The van der Waals surface area contributed by atoms with Gasteiger partial charge >= 0.3 is 35.7 Å². The molecule has 4 rings (SSSR count). The topological polar surface area (TPSA) is 95.2 Å². The van der Waals surface area contributed by atoms with E-state index in [2.05, 4.69) is 5.32 Å². The van der Waals surface area contributed by atoms with Crippen molar-refractivity contribution < 1.29 is 56.9 Å². The number of hydrogen-bond donors (Lipinski definition) is 2. The molecule has 1 aliphatic rings. The Balaban J connectivity index is 0.00000289. The van der Waals surface area contributed by atoms with E-state index < -0.39 is 28.3 Å². The summed E-state index contributed by atoms with van der Waals surface area (Å²) in [7, 11) is 0. The zero-order chi connectivity index (χ0) is 22.5. The third-order valence-electron chi connectivity index (χ3n) is 4.84. The number of carbonyl (C=O) groups excluding carboxylic acids is 2. The Morgan fingerprint density at radius 2 is 1.56 bits per heavy atom. The van der Waals surface area contributed by atoms with Crippen LogP contribution in [0.4, 0.5) is 30.2 Å². The quantitative estimate of drug-likeness (QED) is 0.263. The number of carbonyl (C=O) groups is 2. The summed E-state index contributed by atoms with van der Waals surface area (Å²) < 4.78 is 51.2. The van der Waals surface area contributed by atoms with Gasteiger partial charge in [-0.1, -0.05) is 35.9 Å². The summed E-state index contributed by atoms with van der Waals surface area (Å²) in [6.45, 7) is 0. The summed E-state index contributed by atoms with van der Waals surface area (Å²) in [5, 5.41) is 2.22. The predicted octanol–water partition coefficient (Wildman–Crippen LogP) is 2.69. The smallest absolute Gasteiger partial charge is 0.795 e. The van der Waals surface area contributed by atoms with Crippen LogP contribution >= 0.6 is 23.6 Å². The molecule has 0 aliphatic heterocycles. The Labute approximate surface area is 211 Å². The van der Waals surface area contributed by atoms with E-state index in [1.807, 2.05) is 0 Å². The zero-order valence-corrected chi connectivity index (χ0v) is 19.9. The standard InChI is InChI=1S/C21H12ClF3N2O3S.Na/c22-13-6-5-9(7-12(13)21(23,24)25)27-14-8-15(31-30)18(26)17-16(14)19(28)10-3-1-2-4-11(10)20(17)29;/h1-8,27,30H,26H2;/q;+1/p-1. The zero-order valence-electron chi connectivity index (χ0n) is 16.3. The average Bonchev–Trinajstić information content (AvgIpc) is 2.73. The van der Waals surface area contributed by atoms with Gasteiger partial charge in [-0.25, -0.2) is 12.0 Å². The molecule has 3 aromatic carbocycles. The van der Waals surface area contributed by atoms with Gasteiger partial charge in [0.25, 0.3) is 0 Å². The van der Waals surface area contributed by atoms with Gasteiger partial charge in [-0.2, -0.15) is 13.2 Å². The molecule has 1 aliphatic carbocycles. The van der Waals surface area contributed by atoms with E-state index >= 15 is 0 Å². The molecule has 0 aromatic heterocycles. The Bertz CT molecular complexity index is 1270. The number of benzene rings is 3. The summed E-state index contributed by atoms with van der Waals surface area (Å²) >= 11 is 5.67. The van der Waals surface area contributed by atoms with E-state index in [1.165, 1.54) is 24.3 Å². The number of nitrogens with one attached hydrogen (secondary N) is 1. The summed E-state index contributed by atoms with van der Waals surface area (Å²) in [6, 6.07) is 10.5. The van der Waals surface area contributed by atoms with Crippen molar-refractivity contribution >= 4 is 52.3 Å². The van der Waals surface area contributed by atoms with E-state index in [1.54, 1.807) is 12.1 Å². The molecular weight excluding hydrogens is 476 g/mol. The number of rotatable bonds is 3. The molecule has 0 amide bonds. The fourth-order valence-corrected chi connectivity index (χ4v) is 4.02. The molecule has 0 atom stereocenters. The molecule has 0 bridgehead atoms. The fourth-order valence-electron chi connectivity index (χ4n) is 3.44. The maximum Gasteiger partial charge on any atom is 1.00 e. The summed E-state index contributed by atoms with van der Waals surface area (Å²) in [6.07, 6.45) is -4.70. The van der Waals surface area contributed by atoms with E-state index in [0.29, 0.717) is 0 Å². The first-order chi connectivity index (χ1) is 14.6. The van der Waals surface area contributed by atoms with Gasteiger partial charge in [0.1, 0.15) is 0 Å². The number of fused-ring (bicyclic) bond motifs is 2. The van der Waals surface area contributed by atoms with Crippen LogP contribution in [0.15, 0.2) is 53.4 Å². The normalized spacial score (nSPS) is 12.7. The molecule has 0 heterocycles. The van der Waals surface area contributed by atoms with E-state index in [-0.39, 0.29) is 85.8 Å². The predicted molar refractivity (Wildman–Crippen MR) is 111 cm³/mol. The van der Waals surface area contributed by atoms with Crippen LogP contribution in [0.25, 0.3) is 0 Å². The monoisotopic (exact) mass is 486 g/mol. The molecule has 0 fully saturated rings. The van der Waals surface area contributed by atoms with Crippen molar-refractivity contribution in [3.63, 3.8) is 0 Å². The molecule has 32 heavy (non-hydrogen) atoms. The van der Waals surface area contributed by atoms with E-state index in [0.717, 1.165) is 12.1 Å². The van der Waals surface area contributed by atoms with Gasteiger partial charge in [0.2, 0.25) is 0 Å². The van der Waals surface area contributed by atoms with Crippen molar-refractivity contribution in [2.45, 2.75) is 11.1 Å². The molecule has 158 valence electrons. The molecule has 0 saturated heterocycles. The molecule has 5 nitrogen and oxygen atoms in total. The fraction of sp³-hybridized carbons (Fsp3) is 0.0476. The van der Waals surface area contributed by atoms with Crippen molar-refractivity contribution in [1.29, 1.82) is 0 Å². The first kappa shape index (κ1) is 24.6. The van der Waals surface area contributed by atoms with Crippen molar-refractivity contribution in [1.82, 2.24) is 0 Å². The molecule has 11 heteroatoms. The van der Waals surface area contributed by atoms with Crippen LogP contribution in [-0.4, -0.2) is 16.1 Å². The Morgan fingerprint density at radius 1 is 0.969 bits per heavy atom. The average molecular weight is 487 g/mol. The van der Waals surface area contributed by atoms with Crippen LogP contribution in [0.2, 0.25) is 5.02 Å². The number of halogens is 4. The SMILES string of the molecule is Nc1c(S[O-])cc(Nc2ccc(Cl)c(C(F)(F)F)c2)c2c1C(=O)c1ccccc1C2=O.[Na+]. The van der Waals surface area contributed by atoms with Crippen LogP contribution in [0.3, 0.4) is 0 Å². The molecule has 0 spiro atoms. The van der Waals surface area contributed by atoms with Crippen LogP contribution in [0.5, 0.6) is 0 Å². The number of hydrogen-bond acceptors (Lipinski definition) is 6. The summed E-state index contributed by atoms with van der Waals surface area (Å²) in [5.41, 5.74) is 4.73. The number of anilines is 3. The Hall–Kier alpha value is -2.01. The molecule has 0 unspecified atom stereocenters. The first-order valence-electron chi connectivity index (χ1n) is 8.72. The van der Waals surface area contributed by atoms with Crippen LogP contribution < -0.4 is 40.6 Å². The summed E-state index contributed by atoms with van der Waals surface area (Å²) in [5.74, 6) is -1.08. The van der Waals surface area contributed by atoms with Gasteiger partial charge < -0.3 is 15.6 Å². The third-order valence-corrected chi connectivity index (χ3v) is 5.69.